The summed E-state index contributed by atoms with van der Waals surface area (Å²) in [6, 6.07) is 17.5. The number of allylic oxidation sites excluding steroid dienone is 2. The van der Waals surface area contributed by atoms with Crippen LogP contribution in [-0.4, -0.2) is 29.5 Å². The summed E-state index contributed by atoms with van der Waals surface area (Å²) in [5.41, 5.74) is 8.04. The van der Waals surface area contributed by atoms with Crippen LogP contribution >= 0.6 is 0 Å². The first kappa shape index (κ1) is 21.9. The zero-order chi connectivity index (χ0) is 19.2. The van der Waals surface area contributed by atoms with Crippen molar-refractivity contribution < 1.29 is 48.0 Å². The summed E-state index contributed by atoms with van der Waals surface area (Å²) < 4.78 is 4.99. The molecule has 2 heterocycles. The second kappa shape index (κ2) is 9.03. The minimum atomic E-state index is -1.05. The minimum absolute atomic E-state index is 0. The Morgan fingerprint density at radius 1 is 0.581 bits per heavy atom. The molecule has 0 N–H and O–H groups in total. The van der Waals surface area contributed by atoms with Crippen LogP contribution in [0.5, 0.6) is 0 Å². The van der Waals surface area contributed by atoms with Gasteiger partial charge in [0.15, 0.2) is 0 Å². The smallest absolute Gasteiger partial charge is 1.00 e. The quantitative estimate of drug-likeness (QED) is 0.302. The Morgan fingerprint density at radius 3 is 1.39 bits per heavy atom. The van der Waals surface area contributed by atoms with Crippen LogP contribution in [0.25, 0.3) is 23.5 Å². The zero-order valence-electron chi connectivity index (χ0n) is 16.2. The van der Waals surface area contributed by atoms with Gasteiger partial charge in [-0.15, -0.1) is 0 Å². The molecule has 0 saturated carbocycles. The van der Waals surface area contributed by atoms with Crippen LogP contribution in [-0.2, 0) is 23.2 Å². The Balaban J connectivity index is 0.00000116. The molecule has 31 heavy (non-hydrogen) atoms. The van der Waals surface area contributed by atoms with Gasteiger partial charge in [-0.1, -0.05) is 0 Å². The summed E-state index contributed by atoms with van der Waals surface area (Å²) in [6.45, 7) is 0. The molecule has 4 aromatic rings. The SMILES string of the molecule is C1=C(n2cnnc2)[CH]([Zr+2][CH]2C(n3cnnc3)=Cc3ccccc32)c2ccccc21.[Cl-].[Cl-]. The van der Waals surface area contributed by atoms with E-state index >= 15 is 0 Å². The zero-order valence-corrected chi connectivity index (χ0v) is 20.1. The predicted molar refractivity (Wildman–Crippen MR) is 107 cm³/mol. The van der Waals surface area contributed by atoms with Crippen molar-refractivity contribution in [3.05, 3.63) is 96.1 Å². The first-order chi connectivity index (χ1) is 14.4. The van der Waals surface area contributed by atoms with Crippen molar-refractivity contribution in [3.63, 3.8) is 0 Å². The van der Waals surface area contributed by atoms with Gasteiger partial charge in [0.05, 0.1) is 0 Å². The average Bonchev–Trinajstić information content (AvgIpc) is 3.55. The van der Waals surface area contributed by atoms with Crippen molar-refractivity contribution in [2.75, 3.05) is 0 Å². The van der Waals surface area contributed by atoms with E-state index in [0.717, 1.165) is 0 Å². The monoisotopic (exact) mass is 524 g/mol. The van der Waals surface area contributed by atoms with Gasteiger partial charge in [-0.05, 0) is 0 Å². The molecule has 2 aromatic carbocycles. The third kappa shape index (κ3) is 3.75. The molecule has 0 bridgehead atoms. The van der Waals surface area contributed by atoms with Crippen molar-refractivity contribution >= 4 is 23.5 Å². The van der Waals surface area contributed by atoms with E-state index in [1.807, 2.05) is 25.3 Å². The molecule has 6 rings (SSSR count). The van der Waals surface area contributed by atoms with Crippen molar-refractivity contribution in [2.45, 2.75) is 7.25 Å². The second-order valence-electron chi connectivity index (χ2n) is 7.17. The van der Waals surface area contributed by atoms with Gasteiger partial charge in [0.1, 0.15) is 0 Å². The number of hydrogen-bond donors (Lipinski definition) is 0. The molecule has 2 aliphatic carbocycles. The van der Waals surface area contributed by atoms with Gasteiger partial charge >= 0.3 is 180 Å². The molecule has 2 aliphatic rings. The molecule has 6 nitrogen and oxygen atoms in total. The molecular formula is C22H16Cl2N6Zr. The standard InChI is InChI=1S/2C11H8N3.2ClH.Zr/c2*1-2-4-10-6-11(5-9(10)3-1)14-7-12-13-8-14;;;/h2*1-8H;2*1H;/q;;;;+2/p-2. The molecular weight excluding hydrogens is 510 g/mol. The van der Waals surface area contributed by atoms with Gasteiger partial charge in [0, 0.05) is 0 Å². The molecule has 0 amide bonds. The first-order valence-corrected chi connectivity index (χ1v) is 12.3. The maximum absolute atomic E-state index is 4.05. The van der Waals surface area contributed by atoms with Crippen LogP contribution in [0.4, 0.5) is 0 Å². The Kier molecular flexibility index (Phi) is 6.37. The Bertz CT molecular complexity index is 1150. The number of halogens is 2. The van der Waals surface area contributed by atoms with E-state index in [-0.39, 0.29) is 24.8 Å². The molecule has 2 unspecified atom stereocenters. The van der Waals surface area contributed by atoms with Gasteiger partial charge in [-0.25, -0.2) is 0 Å². The number of nitrogens with zero attached hydrogens (tertiary/aromatic N) is 6. The average molecular weight is 527 g/mol. The van der Waals surface area contributed by atoms with Gasteiger partial charge in [-0.2, -0.15) is 0 Å². The fraction of sp³-hybridized carbons (Fsp3) is 0.0909. The minimum Gasteiger partial charge on any atom is -1.00 e. The van der Waals surface area contributed by atoms with E-state index in [1.165, 1.54) is 33.6 Å². The van der Waals surface area contributed by atoms with E-state index in [0.29, 0.717) is 7.25 Å². The summed E-state index contributed by atoms with van der Waals surface area (Å²) in [6.07, 6.45) is 11.8. The van der Waals surface area contributed by atoms with Gasteiger partial charge < -0.3 is 24.8 Å². The summed E-state index contributed by atoms with van der Waals surface area (Å²) in [5.74, 6) is 0. The fourth-order valence-electron chi connectivity index (χ4n) is 4.25. The molecule has 2 atom stereocenters. The van der Waals surface area contributed by atoms with Crippen molar-refractivity contribution in [1.82, 2.24) is 29.5 Å². The number of rotatable bonds is 4. The number of hydrogen-bond acceptors (Lipinski definition) is 4. The molecule has 0 fully saturated rings. The van der Waals surface area contributed by atoms with E-state index in [4.69, 9.17) is 0 Å². The largest absolute Gasteiger partial charge is 1.00 e. The molecule has 0 radical (unpaired) electrons. The molecule has 0 aliphatic heterocycles. The van der Waals surface area contributed by atoms with Crippen molar-refractivity contribution in [1.29, 1.82) is 0 Å². The summed E-state index contributed by atoms with van der Waals surface area (Å²) in [7, 11) is 0. The molecule has 0 saturated heterocycles. The number of benzene rings is 2. The molecule has 9 heteroatoms. The van der Waals surface area contributed by atoms with E-state index in [2.05, 4.69) is 90.2 Å². The third-order valence-corrected chi connectivity index (χ3v) is 10.2. The van der Waals surface area contributed by atoms with E-state index in [1.54, 1.807) is 0 Å². The molecule has 2 aromatic heterocycles. The third-order valence-electron chi connectivity index (χ3n) is 5.58. The van der Waals surface area contributed by atoms with Crippen LogP contribution in [0, 0.1) is 0 Å². The van der Waals surface area contributed by atoms with E-state index in [9.17, 15) is 0 Å². The van der Waals surface area contributed by atoms with Crippen LogP contribution in [0.2, 0.25) is 0 Å². The van der Waals surface area contributed by atoms with Gasteiger partial charge in [0.25, 0.3) is 0 Å². The maximum atomic E-state index is 4.05. The van der Waals surface area contributed by atoms with E-state index < -0.39 is 23.2 Å². The van der Waals surface area contributed by atoms with Crippen LogP contribution in [0.3, 0.4) is 0 Å². The van der Waals surface area contributed by atoms with Gasteiger partial charge in [0.2, 0.25) is 0 Å². The Labute approximate surface area is 203 Å². The summed E-state index contributed by atoms with van der Waals surface area (Å²) >= 11 is -1.05. The van der Waals surface area contributed by atoms with Crippen LogP contribution < -0.4 is 24.8 Å². The number of fused-ring (bicyclic) bond motifs is 2. The Hall–Kier alpha value is -2.34. The van der Waals surface area contributed by atoms with Crippen LogP contribution in [0.15, 0.2) is 73.8 Å². The van der Waals surface area contributed by atoms with Gasteiger partial charge in [-0.3, -0.25) is 0 Å². The van der Waals surface area contributed by atoms with Crippen molar-refractivity contribution in [2.24, 2.45) is 0 Å². The summed E-state index contributed by atoms with van der Waals surface area (Å²) in [5, 5.41) is 16.2. The maximum Gasteiger partial charge on any atom is -1.00 e. The van der Waals surface area contributed by atoms with Crippen LogP contribution in [0.1, 0.15) is 29.5 Å². The number of aromatic nitrogens is 6. The summed E-state index contributed by atoms with van der Waals surface area (Å²) in [4.78, 5) is 0. The molecule has 0 spiro atoms. The Morgan fingerprint density at radius 2 is 0.968 bits per heavy atom. The fourth-order valence-corrected chi connectivity index (χ4v) is 9.22. The predicted octanol–water partition coefficient (Wildman–Crippen LogP) is -2.23. The molecule has 152 valence electrons. The first-order valence-electron chi connectivity index (χ1n) is 9.45. The van der Waals surface area contributed by atoms with Crippen molar-refractivity contribution in [3.8, 4) is 0 Å². The topological polar surface area (TPSA) is 61.4 Å². The second-order valence-corrected chi connectivity index (χ2v) is 10.8. The normalized spacial score (nSPS) is 18.1.